The van der Waals surface area contributed by atoms with E-state index in [0.717, 1.165) is 25.6 Å². The second kappa shape index (κ2) is 9.01. The van der Waals surface area contributed by atoms with Gasteiger partial charge in [-0.05, 0) is 19.1 Å². The van der Waals surface area contributed by atoms with E-state index in [4.69, 9.17) is 0 Å². The lowest BCUT2D eigenvalue weighted by Crippen LogP contribution is -2.39. The summed E-state index contributed by atoms with van der Waals surface area (Å²) in [7, 11) is 3.51. The lowest BCUT2D eigenvalue weighted by Gasteiger charge is -2.12. The number of carbonyl (C=O) groups excluding carboxylic acids is 1. The zero-order valence-electron chi connectivity index (χ0n) is 12.6. The number of guanidine groups is 1. The molecule has 0 aliphatic rings. The predicted octanol–water partition coefficient (Wildman–Crippen LogP) is 0.522. The van der Waals surface area contributed by atoms with E-state index >= 15 is 0 Å². The number of rotatable bonds is 7. The first-order valence-corrected chi connectivity index (χ1v) is 6.96. The van der Waals surface area contributed by atoms with Crippen LogP contribution in [0.1, 0.15) is 13.3 Å². The SMILES string of the molecule is CCNC(=NCCC(=O)N(C)C)NCCn1cccc1. The maximum absolute atomic E-state index is 11.5. The summed E-state index contributed by atoms with van der Waals surface area (Å²) < 4.78 is 2.10. The molecule has 112 valence electrons. The molecule has 0 aromatic carbocycles. The third kappa shape index (κ3) is 6.26. The molecule has 1 aromatic heterocycles. The van der Waals surface area contributed by atoms with Crippen molar-refractivity contribution in [1.29, 1.82) is 0 Å². The Morgan fingerprint density at radius 1 is 1.25 bits per heavy atom. The Labute approximate surface area is 120 Å². The highest BCUT2D eigenvalue weighted by molar-refractivity contribution is 5.80. The van der Waals surface area contributed by atoms with E-state index < -0.39 is 0 Å². The Balaban J connectivity index is 2.32. The van der Waals surface area contributed by atoms with Gasteiger partial charge in [0.15, 0.2) is 5.96 Å². The van der Waals surface area contributed by atoms with E-state index in [0.29, 0.717) is 13.0 Å². The third-order valence-electron chi connectivity index (χ3n) is 2.77. The Morgan fingerprint density at radius 3 is 2.55 bits per heavy atom. The molecule has 1 amide bonds. The quantitative estimate of drug-likeness (QED) is 0.565. The van der Waals surface area contributed by atoms with Gasteiger partial charge in [0.2, 0.25) is 5.91 Å². The molecule has 1 rings (SSSR count). The minimum Gasteiger partial charge on any atom is -0.357 e. The fourth-order valence-corrected chi connectivity index (χ4v) is 1.65. The number of aliphatic imine (C=N–C) groups is 1. The lowest BCUT2D eigenvalue weighted by molar-refractivity contribution is -0.128. The number of nitrogens with one attached hydrogen (secondary N) is 2. The van der Waals surface area contributed by atoms with Crippen LogP contribution in [0.25, 0.3) is 0 Å². The van der Waals surface area contributed by atoms with Gasteiger partial charge in [0.1, 0.15) is 0 Å². The molecule has 0 unspecified atom stereocenters. The van der Waals surface area contributed by atoms with Crippen LogP contribution in [-0.2, 0) is 11.3 Å². The van der Waals surface area contributed by atoms with Crippen LogP contribution in [0.15, 0.2) is 29.5 Å². The van der Waals surface area contributed by atoms with Crippen LogP contribution >= 0.6 is 0 Å². The average molecular weight is 279 g/mol. The Kier molecular flexibility index (Phi) is 7.24. The minimum absolute atomic E-state index is 0.0944. The number of aromatic nitrogens is 1. The average Bonchev–Trinajstić information content (AvgIpc) is 2.91. The van der Waals surface area contributed by atoms with Crippen molar-refractivity contribution >= 4 is 11.9 Å². The van der Waals surface area contributed by atoms with Gasteiger partial charge in [0.05, 0.1) is 6.54 Å². The summed E-state index contributed by atoms with van der Waals surface area (Å²) in [6.45, 7) is 5.00. The second-order valence-corrected chi connectivity index (χ2v) is 4.65. The summed E-state index contributed by atoms with van der Waals surface area (Å²) in [6, 6.07) is 4.01. The van der Waals surface area contributed by atoms with Crippen LogP contribution in [0.4, 0.5) is 0 Å². The van der Waals surface area contributed by atoms with Crippen molar-refractivity contribution in [3.05, 3.63) is 24.5 Å². The monoisotopic (exact) mass is 279 g/mol. The van der Waals surface area contributed by atoms with Gasteiger partial charge in [0.25, 0.3) is 0 Å². The maximum atomic E-state index is 11.5. The highest BCUT2D eigenvalue weighted by atomic mass is 16.2. The first kappa shape index (κ1) is 16.1. The van der Waals surface area contributed by atoms with E-state index in [-0.39, 0.29) is 5.91 Å². The maximum Gasteiger partial charge on any atom is 0.223 e. The molecule has 2 N–H and O–H groups in total. The highest BCUT2D eigenvalue weighted by Crippen LogP contribution is 1.90. The fourth-order valence-electron chi connectivity index (χ4n) is 1.65. The molecule has 0 aliphatic heterocycles. The van der Waals surface area contributed by atoms with Gasteiger partial charge in [-0.2, -0.15) is 0 Å². The first-order valence-electron chi connectivity index (χ1n) is 6.96. The molecule has 0 saturated carbocycles. The van der Waals surface area contributed by atoms with Gasteiger partial charge >= 0.3 is 0 Å². The third-order valence-corrected chi connectivity index (χ3v) is 2.77. The summed E-state index contributed by atoms with van der Waals surface area (Å²) in [5.41, 5.74) is 0. The molecule has 0 radical (unpaired) electrons. The van der Waals surface area contributed by atoms with Gasteiger partial charge in [-0.15, -0.1) is 0 Å². The van der Waals surface area contributed by atoms with E-state index in [2.05, 4.69) is 20.2 Å². The van der Waals surface area contributed by atoms with Gasteiger partial charge in [-0.1, -0.05) is 0 Å². The summed E-state index contributed by atoms with van der Waals surface area (Å²) in [5.74, 6) is 0.850. The van der Waals surface area contributed by atoms with Gasteiger partial charge in [-0.3, -0.25) is 9.79 Å². The van der Waals surface area contributed by atoms with Gasteiger partial charge < -0.3 is 20.1 Å². The van der Waals surface area contributed by atoms with Crippen LogP contribution in [0.5, 0.6) is 0 Å². The Morgan fingerprint density at radius 2 is 1.95 bits per heavy atom. The van der Waals surface area contributed by atoms with E-state index in [9.17, 15) is 4.79 Å². The minimum atomic E-state index is 0.0944. The number of carbonyl (C=O) groups is 1. The number of nitrogens with zero attached hydrogens (tertiary/aromatic N) is 3. The fraction of sp³-hybridized carbons (Fsp3) is 0.571. The summed E-state index contributed by atoms with van der Waals surface area (Å²) in [4.78, 5) is 17.4. The summed E-state index contributed by atoms with van der Waals surface area (Å²) in [6.07, 6.45) is 4.49. The van der Waals surface area contributed by atoms with Crippen molar-refractivity contribution < 1.29 is 4.79 Å². The van der Waals surface area contributed by atoms with Crippen molar-refractivity contribution in [2.45, 2.75) is 19.9 Å². The van der Waals surface area contributed by atoms with E-state index in [1.807, 2.05) is 31.5 Å². The molecule has 1 heterocycles. The van der Waals surface area contributed by atoms with Crippen molar-refractivity contribution in [2.24, 2.45) is 4.99 Å². The summed E-state index contributed by atoms with van der Waals surface area (Å²) in [5, 5.41) is 6.43. The second-order valence-electron chi connectivity index (χ2n) is 4.65. The molecule has 1 aromatic rings. The lowest BCUT2D eigenvalue weighted by atomic mass is 10.4. The molecule has 0 fully saturated rings. The van der Waals surface area contributed by atoms with E-state index in [1.165, 1.54) is 0 Å². The molecule has 0 spiro atoms. The Bertz CT molecular complexity index is 411. The zero-order valence-corrected chi connectivity index (χ0v) is 12.6. The van der Waals surface area contributed by atoms with Crippen LogP contribution < -0.4 is 10.6 Å². The van der Waals surface area contributed by atoms with Crippen molar-refractivity contribution in [2.75, 3.05) is 33.7 Å². The molecule has 0 aliphatic carbocycles. The van der Waals surface area contributed by atoms with Crippen LogP contribution in [0, 0.1) is 0 Å². The standard InChI is InChI=1S/C14H25N5O/c1-4-15-14(16-8-7-13(20)18(2)3)17-9-12-19-10-5-6-11-19/h5-6,10-11H,4,7-9,12H2,1-3H3,(H2,15,16,17). The topological polar surface area (TPSA) is 61.7 Å². The zero-order chi connectivity index (χ0) is 14.8. The first-order chi connectivity index (χ1) is 9.63. The van der Waals surface area contributed by atoms with Crippen LogP contribution in [0.3, 0.4) is 0 Å². The van der Waals surface area contributed by atoms with Gasteiger partial charge in [0, 0.05) is 52.5 Å². The number of hydrogen-bond donors (Lipinski definition) is 2. The van der Waals surface area contributed by atoms with Gasteiger partial charge in [-0.25, -0.2) is 0 Å². The molecular formula is C14H25N5O. The predicted molar refractivity (Wildman–Crippen MR) is 81.7 cm³/mol. The van der Waals surface area contributed by atoms with Crippen LogP contribution in [-0.4, -0.2) is 55.1 Å². The van der Waals surface area contributed by atoms with E-state index in [1.54, 1.807) is 19.0 Å². The Hall–Kier alpha value is -1.98. The van der Waals surface area contributed by atoms with Crippen molar-refractivity contribution in [3.63, 3.8) is 0 Å². The molecule has 6 nitrogen and oxygen atoms in total. The molecular weight excluding hydrogens is 254 g/mol. The van der Waals surface area contributed by atoms with Crippen molar-refractivity contribution in [3.8, 4) is 0 Å². The molecule has 6 heteroatoms. The molecule has 0 atom stereocenters. The van der Waals surface area contributed by atoms with Crippen molar-refractivity contribution in [1.82, 2.24) is 20.1 Å². The van der Waals surface area contributed by atoms with Crippen LogP contribution in [0.2, 0.25) is 0 Å². The number of amides is 1. The molecule has 20 heavy (non-hydrogen) atoms. The number of hydrogen-bond acceptors (Lipinski definition) is 2. The molecule has 0 bridgehead atoms. The summed E-state index contributed by atoms with van der Waals surface area (Å²) >= 11 is 0. The largest absolute Gasteiger partial charge is 0.357 e. The smallest absolute Gasteiger partial charge is 0.223 e. The highest BCUT2D eigenvalue weighted by Gasteiger charge is 2.03. The molecule has 0 saturated heterocycles. The normalized spacial score (nSPS) is 11.2.